The molecule has 0 radical (unpaired) electrons. The van der Waals surface area contributed by atoms with Gasteiger partial charge >= 0.3 is 0 Å². The lowest BCUT2D eigenvalue weighted by Gasteiger charge is -2.19. The van der Waals surface area contributed by atoms with Gasteiger partial charge in [-0.05, 0) is 55.3 Å². The summed E-state index contributed by atoms with van der Waals surface area (Å²) in [5.41, 5.74) is 4.98. The van der Waals surface area contributed by atoms with E-state index in [2.05, 4.69) is 51.0 Å². The van der Waals surface area contributed by atoms with E-state index in [0.29, 0.717) is 17.8 Å². The van der Waals surface area contributed by atoms with Gasteiger partial charge in [0.1, 0.15) is 5.75 Å². The van der Waals surface area contributed by atoms with Gasteiger partial charge in [-0.3, -0.25) is 0 Å². The maximum absolute atomic E-state index is 5.84. The molecule has 0 fully saturated rings. The maximum Gasteiger partial charge on any atom is 0.264 e. The van der Waals surface area contributed by atoms with Crippen LogP contribution < -0.4 is 9.64 Å². The highest BCUT2D eigenvalue weighted by molar-refractivity contribution is 5.82. The third-order valence-electron chi connectivity index (χ3n) is 5.63. The van der Waals surface area contributed by atoms with E-state index in [-0.39, 0.29) is 6.61 Å². The topological polar surface area (TPSA) is 80.1 Å². The molecule has 2 aromatic heterocycles. The number of ether oxygens (including phenoxy) is 1. The number of fused-ring (bicyclic) bond motifs is 1. The van der Waals surface area contributed by atoms with Crippen molar-refractivity contribution in [3.63, 3.8) is 0 Å². The summed E-state index contributed by atoms with van der Waals surface area (Å²) < 4.78 is 11.2. The summed E-state index contributed by atoms with van der Waals surface area (Å²) in [5.74, 6) is 2.51. The Hall–Kier alpha value is -4.13. The number of H-pyrrole nitrogens is 1. The molecule has 0 aliphatic carbocycles. The Kier molecular flexibility index (Phi) is 5.52. The van der Waals surface area contributed by atoms with Crippen molar-refractivity contribution in [3.05, 3.63) is 78.7 Å². The largest absolute Gasteiger partial charge is 0.484 e. The molecule has 0 aliphatic heterocycles. The summed E-state index contributed by atoms with van der Waals surface area (Å²) in [5, 5.41) is 4.12. The first-order chi connectivity index (χ1) is 16.1. The van der Waals surface area contributed by atoms with Crippen LogP contribution in [0.15, 0.2) is 77.3 Å². The van der Waals surface area contributed by atoms with Crippen LogP contribution in [-0.2, 0) is 6.61 Å². The quantitative estimate of drug-likeness (QED) is 0.350. The van der Waals surface area contributed by atoms with Crippen molar-refractivity contribution >= 4 is 17.0 Å². The Labute approximate surface area is 192 Å². The van der Waals surface area contributed by atoms with Crippen LogP contribution in [0.25, 0.3) is 33.5 Å². The highest BCUT2D eigenvalue weighted by Crippen LogP contribution is 2.25. The average molecular weight is 440 g/mol. The van der Waals surface area contributed by atoms with E-state index in [1.807, 2.05) is 67.7 Å². The minimum absolute atomic E-state index is 0.202. The number of hydrogen-bond acceptors (Lipinski definition) is 6. The summed E-state index contributed by atoms with van der Waals surface area (Å²) in [4.78, 5) is 14.6. The fraction of sp³-hybridized carbons (Fsp3) is 0.192. The van der Waals surface area contributed by atoms with Gasteiger partial charge in [-0.2, -0.15) is 4.98 Å². The molecule has 3 aromatic carbocycles. The minimum atomic E-state index is 0.202. The summed E-state index contributed by atoms with van der Waals surface area (Å²) >= 11 is 0. The Morgan fingerprint density at radius 3 is 2.39 bits per heavy atom. The first-order valence-corrected chi connectivity index (χ1v) is 10.9. The zero-order chi connectivity index (χ0) is 22.8. The molecule has 0 unspecified atom stereocenters. The smallest absolute Gasteiger partial charge is 0.264 e. The van der Waals surface area contributed by atoms with Gasteiger partial charge in [-0.25, -0.2) is 4.98 Å². The van der Waals surface area contributed by atoms with Crippen LogP contribution in [0.1, 0.15) is 19.7 Å². The van der Waals surface area contributed by atoms with E-state index >= 15 is 0 Å². The average Bonchev–Trinajstić information content (AvgIpc) is 3.50. The third-order valence-corrected chi connectivity index (χ3v) is 5.63. The molecular weight excluding hydrogens is 414 g/mol. The van der Waals surface area contributed by atoms with Crippen LogP contribution in [0, 0.1) is 0 Å². The van der Waals surface area contributed by atoms with Gasteiger partial charge in [-0.1, -0.05) is 47.6 Å². The molecule has 5 aromatic rings. The SMILES string of the molecule is CC(C)N(C)c1nc2ccc(-c3noc(COc4ccc(-c5ccccc5)cc4)n3)cc2[nH]1. The number of benzene rings is 3. The second-order valence-electron chi connectivity index (χ2n) is 8.19. The maximum atomic E-state index is 5.84. The highest BCUT2D eigenvalue weighted by Gasteiger charge is 2.14. The minimum Gasteiger partial charge on any atom is -0.484 e. The molecule has 0 aliphatic rings. The Bertz CT molecular complexity index is 1360. The van der Waals surface area contributed by atoms with Crippen LogP contribution in [-0.4, -0.2) is 33.2 Å². The summed E-state index contributed by atoms with van der Waals surface area (Å²) in [6.07, 6.45) is 0. The fourth-order valence-corrected chi connectivity index (χ4v) is 3.50. The lowest BCUT2D eigenvalue weighted by Crippen LogP contribution is -2.26. The molecule has 7 heteroatoms. The molecule has 166 valence electrons. The van der Waals surface area contributed by atoms with E-state index < -0.39 is 0 Å². The molecule has 0 saturated heterocycles. The molecular formula is C26H25N5O2. The predicted octanol–water partition coefficient (Wildman–Crippen LogP) is 5.70. The molecule has 0 bridgehead atoms. The van der Waals surface area contributed by atoms with E-state index in [1.54, 1.807) is 0 Å². The molecule has 2 heterocycles. The first kappa shape index (κ1) is 20.8. The van der Waals surface area contributed by atoms with E-state index in [9.17, 15) is 0 Å². The highest BCUT2D eigenvalue weighted by atomic mass is 16.5. The second-order valence-corrected chi connectivity index (χ2v) is 8.19. The number of aromatic amines is 1. The molecule has 0 atom stereocenters. The number of aromatic nitrogens is 4. The van der Waals surface area contributed by atoms with E-state index in [4.69, 9.17) is 9.26 Å². The van der Waals surface area contributed by atoms with Gasteiger partial charge in [0.05, 0.1) is 11.0 Å². The standard InChI is InChI=1S/C26H25N5O2/c1-17(2)31(3)26-27-22-14-11-20(15-23(22)28-26)25-29-24(33-30-25)16-32-21-12-9-19(10-13-21)18-7-5-4-6-8-18/h4-15,17H,16H2,1-3H3,(H,27,28). The van der Waals surface area contributed by atoms with Crippen molar-refractivity contribution in [2.75, 3.05) is 11.9 Å². The van der Waals surface area contributed by atoms with Crippen molar-refractivity contribution in [3.8, 4) is 28.3 Å². The molecule has 33 heavy (non-hydrogen) atoms. The molecule has 5 rings (SSSR count). The molecule has 7 nitrogen and oxygen atoms in total. The summed E-state index contributed by atoms with van der Waals surface area (Å²) in [6.45, 7) is 4.45. The Morgan fingerprint density at radius 2 is 1.64 bits per heavy atom. The number of nitrogens with zero attached hydrogens (tertiary/aromatic N) is 4. The van der Waals surface area contributed by atoms with E-state index in [0.717, 1.165) is 33.9 Å². The normalized spacial score (nSPS) is 11.3. The summed E-state index contributed by atoms with van der Waals surface area (Å²) in [6, 6.07) is 24.4. The monoisotopic (exact) mass is 439 g/mol. The predicted molar refractivity (Wildman–Crippen MR) is 129 cm³/mol. The molecule has 0 amide bonds. The zero-order valence-corrected chi connectivity index (χ0v) is 18.8. The van der Waals surface area contributed by atoms with E-state index in [1.165, 1.54) is 5.56 Å². The van der Waals surface area contributed by atoms with Gasteiger partial charge in [0.15, 0.2) is 6.61 Å². The van der Waals surface area contributed by atoms with Crippen molar-refractivity contribution in [1.82, 2.24) is 20.1 Å². The number of anilines is 1. The van der Waals surface area contributed by atoms with Gasteiger partial charge in [0.25, 0.3) is 5.89 Å². The Balaban J connectivity index is 1.27. The number of nitrogens with one attached hydrogen (secondary N) is 1. The van der Waals surface area contributed by atoms with Crippen molar-refractivity contribution in [2.24, 2.45) is 0 Å². The van der Waals surface area contributed by atoms with Crippen molar-refractivity contribution in [2.45, 2.75) is 26.5 Å². The fourth-order valence-electron chi connectivity index (χ4n) is 3.50. The second kappa shape index (κ2) is 8.78. The van der Waals surface area contributed by atoms with Gasteiger partial charge in [0, 0.05) is 18.7 Å². The number of rotatable bonds is 7. The van der Waals surface area contributed by atoms with Crippen LogP contribution in [0.3, 0.4) is 0 Å². The van der Waals surface area contributed by atoms with Crippen LogP contribution >= 0.6 is 0 Å². The molecule has 1 N–H and O–H groups in total. The Morgan fingerprint density at radius 1 is 0.909 bits per heavy atom. The lowest BCUT2D eigenvalue weighted by atomic mass is 10.1. The van der Waals surface area contributed by atoms with Crippen LogP contribution in [0.4, 0.5) is 5.95 Å². The molecule has 0 spiro atoms. The van der Waals surface area contributed by atoms with Crippen LogP contribution in [0.5, 0.6) is 5.75 Å². The third kappa shape index (κ3) is 4.43. The lowest BCUT2D eigenvalue weighted by molar-refractivity contribution is 0.243. The zero-order valence-electron chi connectivity index (χ0n) is 18.8. The van der Waals surface area contributed by atoms with Gasteiger partial charge in [0.2, 0.25) is 11.8 Å². The number of hydrogen-bond donors (Lipinski definition) is 1. The van der Waals surface area contributed by atoms with Crippen molar-refractivity contribution < 1.29 is 9.26 Å². The molecule has 0 saturated carbocycles. The van der Waals surface area contributed by atoms with Crippen LogP contribution in [0.2, 0.25) is 0 Å². The van der Waals surface area contributed by atoms with Gasteiger partial charge in [-0.15, -0.1) is 0 Å². The van der Waals surface area contributed by atoms with Crippen molar-refractivity contribution in [1.29, 1.82) is 0 Å². The first-order valence-electron chi connectivity index (χ1n) is 10.9. The number of imidazole rings is 1. The summed E-state index contributed by atoms with van der Waals surface area (Å²) in [7, 11) is 2.02. The van der Waals surface area contributed by atoms with Gasteiger partial charge < -0.3 is 19.1 Å².